The van der Waals surface area contributed by atoms with E-state index in [-0.39, 0.29) is 0 Å². The second kappa shape index (κ2) is 9.18. The third-order valence-corrected chi connectivity index (χ3v) is 7.79. The van der Waals surface area contributed by atoms with Crippen LogP contribution in [0.2, 0.25) is 0 Å². The van der Waals surface area contributed by atoms with Crippen LogP contribution in [0.3, 0.4) is 0 Å². The van der Waals surface area contributed by atoms with E-state index in [4.69, 9.17) is 4.98 Å². The van der Waals surface area contributed by atoms with E-state index in [9.17, 15) is 0 Å². The zero-order chi connectivity index (χ0) is 22.7. The molecule has 0 aliphatic heterocycles. The Balaban J connectivity index is 1.21. The molecule has 0 N–H and O–H groups in total. The lowest BCUT2D eigenvalue weighted by Gasteiger charge is -2.03. The molecule has 2 nitrogen and oxygen atoms in total. The summed E-state index contributed by atoms with van der Waals surface area (Å²) >= 11 is 3.33. The van der Waals surface area contributed by atoms with Gasteiger partial charge in [0.25, 0.3) is 0 Å². The van der Waals surface area contributed by atoms with Crippen molar-refractivity contribution < 1.29 is 0 Å². The number of nitrogens with zero attached hydrogens (tertiary/aromatic N) is 2. The van der Waals surface area contributed by atoms with Gasteiger partial charge in [0.2, 0.25) is 0 Å². The van der Waals surface area contributed by atoms with Gasteiger partial charge in [-0.3, -0.25) is 0 Å². The van der Waals surface area contributed by atoms with Crippen LogP contribution in [-0.4, -0.2) is 9.97 Å². The van der Waals surface area contributed by atoms with Crippen LogP contribution < -0.4 is 0 Å². The number of hydrogen-bond acceptors (Lipinski definition) is 4. The summed E-state index contributed by atoms with van der Waals surface area (Å²) in [4.78, 5) is 10.7. The first-order valence-corrected chi connectivity index (χ1v) is 12.8. The molecule has 0 amide bonds. The minimum atomic E-state index is 0.958. The fourth-order valence-corrected chi connectivity index (χ4v) is 5.72. The fourth-order valence-electron chi connectivity index (χ4n) is 3.93. The van der Waals surface area contributed by atoms with Gasteiger partial charge < -0.3 is 0 Å². The van der Waals surface area contributed by atoms with Crippen LogP contribution in [0.5, 0.6) is 0 Å². The van der Waals surface area contributed by atoms with Gasteiger partial charge in [0.15, 0.2) is 10.0 Å². The highest BCUT2D eigenvalue weighted by molar-refractivity contribution is 7.22. The molecule has 0 aliphatic rings. The standard InChI is InChI=1S/C30H20N2S2/c1-3-7-21(8-4-1)23-11-15-25(16-12-23)27-20-33-30(32-27)29-31-19-28(34-29)26-17-13-24(14-18-26)22-9-5-2-6-10-22/h1-20H. The third-order valence-electron chi connectivity index (χ3n) is 5.76. The second-order valence-corrected chi connectivity index (χ2v) is 9.84. The monoisotopic (exact) mass is 472 g/mol. The summed E-state index contributed by atoms with van der Waals surface area (Å²) in [5.74, 6) is 0. The van der Waals surface area contributed by atoms with E-state index in [1.165, 1.54) is 27.8 Å². The van der Waals surface area contributed by atoms with E-state index in [0.29, 0.717) is 0 Å². The molecule has 2 heterocycles. The molecule has 34 heavy (non-hydrogen) atoms. The number of hydrogen-bond donors (Lipinski definition) is 0. The van der Waals surface area contributed by atoms with Crippen molar-refractivity contribution >= 4 is 22.7 Å². The zero-order valence-electron chi connectivity index (χ0n) is 18.3. The minimum Gasteiger partial charge on any atom is -0.241 e. The van der Waals surface area contributed by atoms with E-state index in [1.54, 1.807) is 22.7 Å². The maximum Gasteiger partial charge on any atom is 0.152 e. The lowest BCUT2D eigenvalue weighted by Crippen LogP contribution is -1.81. The average Bonchev–Trinajstić information content (AvgIpc) is 3.61. The highest BCUT2D eigenvalue weighted by Crippen LogP contribution is 2.36. The van der Waals surface area contributed by atoms with Gasteiger partial charge in [0.05, 0.1) is 10.6 Å². The minimum absolute atomic E-state index is 0.958. The van der Waals surface area contributed by atoms with E-state index < -0.39 is 0 Å². The molecule has 0 radical (unpaired) electrons. The van der Waals surface area contributed by atoms with Crippen LogP contribution in [-0.2, 0) is 0 Å². The Morgan fingerprint density at radius 3 is 1.56 bits per heavy atom. The SMILES string of the molecule is c1ccc(-c2ccc(-c3csc(-c4ncc(-c5ccc(-c6ccccc6)cc5)s4)n3)cc2)cc1. The average molecular weight is 473 g/mol. The predicted octanol–water partition coefficient (Wildman–Crippen LogP) is 8.93. The number of benzene rings is 4. The Labute approximate surface area is 206 Å². The Morgan fingerprint density at radius 2 is 0.971 bits per heavy atom. The summed E-state index contributed by atoms with van der Waals surface area (Å²) in [5.41, 5.74) is 8.17. The molecule has 0 aliphatic carbocycles. The van der Waals surface area contributed by atoms with Crippen molar-refractivity contribution in [3.8, 4) is 54.0 Å². The zero-order valence-corrected chi connectivity index (χ0v) is 19.9. The summed E-state index contributed by atoms with van der Waals surface area (Å²) in [6.45, 7) is 0. The fraction of sp³-hybridized carbons (Fsp3) is 0. The van der Waals surface area contributed by atoms with Gasteiger partial charge in [0.1, 0.15) is 0 Å². The van der Waals surface area contributed by atoms with Crippen molar-refractivity contribution in [2.45, 2.75) is 0 Å². The molecule has 2 aromatic heterocycles. The van der Waals surface area contributed by atoms with Gasteiger partial charge in [-0.1, -0.05) is 109 Å². The molecule has 0 saturated carbocycles. The molecule has 6 rings (SSSR count). The molecule has 0 spiro atoms. The van der Waals surface area contributed by atoms with Crippen LogP contribution >= 0.6 is 22.7 Å². The molecule has 0 fully saturated rings. The Kier molecular flexibility index (Phi) is 5.60. The molecule has 162 valence electrons. The Morgan fingerprint density at radius 1 is 0.471 bits per heavy atom. The van der Waals surface area contributed by atoms with Crippen molar-refractivity contribution in [2.24, 2.45) is 0 Å². The van der Waals surface area contributed by atoms with E-state index in [1.807, 2.05) is 18.3 Å². The summed E-state index contributed by atoms with van der Waals surface area (Å²) in [6, 6.07) is 38.2. The summed E-state index contributed by atoms with van der Waals surface area (Å²) in [6.07, 6.45) is 1.95. The van der Waals surface area contributed by atoms with Gasteiger partial charge in [-0.25, -0.2) is 9.97 Å². The van der Waals surface area contributed by atoms with Crippen LogP contribution in [0.25, 0.3) is 54.0 Å². The van der Waals surface area contributed by atoms with Crippen molar-refractivity contribution in [3.05, 3.63) is 121 Å². The van der Waals surface area contributed by atoms with Gasteiger partial charge in [0, 0.05) is 17.1 Å². The highest BCUT2D eigenvalue weighted by Gasteiger charge is 2.12. The summed E-state index contributed by atoms with van der Waals surface area (Å²) in [5, 5.41) is 4.03. The quantitative estimate of drug-likeness (QED) is 0.250. The van der Waals surface area contributed by atoms with Crippen LogP contribution in [0.4, 0.5) is 0 Å². The number of thiazole rings is 2. The van der Waals surface area contributed by atoms with E-state index in [2.05, 4.69) is 107 Å². The maximum atomic E-state index is 4.88. The van der Waals surface area contributed by atoms with Gasteiger partial charge in [-0.05, 0) is 27.8 Å². The van der Waals surface area contributed by atoms with Crippen molar-refractivity contribution in [1.82, 2.24) is 9.97 Å². The predicted molar refractivity (Wildman–Crippen MR) is 145 cm³/mol. The maximum absolute atomic E-state index is 4.88. The van der Waals surface area contributed by atoms with Crippen molar-refractivity contribution in [1.29, 1.82) is 0 Å². The lowest BCUT2D eigenvalue weighted by atomic mass is 10.0. The Hall–Kier alpha value is -3.86. The van der Waals surface area contributed by atoms with Gasteiger partial charge >= 0.3 is 0 Å². The van der Waals surface area contributed by atoms with E-state index >= 15 is 0 Å². The largest absolute Gasteiger partial charge is 0.241 e. The number of aromatic nitrogens is 2. The third kappa shape index (κ3) is 4.21. The van der Waals surface area contributed by atoms with Gasteiger partial charge in [-0.15, -0.1) is 22.7 Å². The van der Waals surface area contributed by atoms with Crippen molar-refractivity contribution in [3.63, 3.8) is 0 Å². The second-order valence-electron chi connectivity index (χ2n) is 7.95. The first kappa shape index (κ1) is 20.7. The van der Waals surface area contributed by atoms with Crippen LogP contribution in [0, 0.1) is 0 Å². The smallest absolute Gasteiger partial charge is 0.152 e. The highest BCUT2D eigenvalue weighted by atomic mass is 32.1. The molecule has 0 atom stereocenters. The molecular weight excluding hydrogens is 452 g/mol. The van der Waals surface area contributed by atoms with E-state index in [0.717, 1.165) is 26.1 Å². The normalized spacial score (nSPS) is 10.9. The lowest BCUT2D eigenvalue weighted by molar-refractivity contribution is 1.35. The topological polar surface area (TPSA) is 25.8 Å². The first-order valence-electron chi connectivity index (χ1n) is 11.1. The first-order chi connectivity index (χ1) is 16.8. The van der Waals surface area contributed by atoms with Gasteiger partial charge in [-0.2, -0.15) is 0 Å². The molecule has 0 unspecified atom stereocenters. The molecule has 6 aromatic rings. The van der Waals surface area contributed by atoms with Crippen LogP contribution in [0.15, 0.2) is 121 Å². The summed E-state index contributed by atoms with van der Waals surface area (Å²) < 4.78 is 0. The van der Waals surface area contributed by atoms with Crippen molar-refractivity contribution in [2.75, 3.05) is 0 Å². The molecule has 4 heteroatoms. The molecule has 4 aromatic carbocycles. The summed E-state index contributed by atoms with van der Waals surface area (Å²) in [7, 11) is 0. The van der Waals surface area contributed by atoms with Crippen LogP contribution in [0.1, 0.15) is 0 Å². The number of rotatable bonds is 5. The molecule has 0 bridgehead atoms. The molecular formula is C30H20N2S2. The Bertz CT molecular complexity index is 1400. The molecule has 0 saturated heterocycles.